The summed E-state index contributed by atoms with van der Waals surface area (Å²) in [4.78, 5) is 66.1. The zero-order valence-electron chi connectivity index (χ0n) is 21.0. The number of hydrogen-bond donors (Lipinski definition) is 1. The molecule has 3 amide bonds. The van der Waals surface area contributed by atoms with E-state index in [-0.39, 0.29) is 29.5 Å². The van der Waals surface area contributed by atoms with E-state index in [9.17, 15) is 24.0 Å². The molecule has 0 aromatic heterocycles. The van der Waals surface area contributed by atoms with E-state index in [0.29, 0.717) is 6.42 Å². The van der Waals surface area contributed by atoms with Crippen LogP contribution in [0.15, 0.2) is 30.3 Å². The van der Waals surface area contributed by atoms with Crippen molar-refractivity contribution in [2.45, 2.75) is 78.9 Å². The van der Waals surface area contributed by atoms with E-state index < -0.39 is 51.7 Å². The predicted molar refractivity (Wildman–Crippen MR) is 136 cm³/mol. The van der Waals surface area contributed by atoms with Gasteiger partial charge in [0.2, 0.25) is 24.5 Å². The van der Waals surface area contributed by atoms with Crippen molar-refractivity contribution in [3.05, 3.63) is 35.9 Å². The number of carbonyl (C=O) groups excluding carboxylic acids is 5. The monoisotopic (exact) mass is 547 g/mol. The third-order valence-corrected chi connectivity index (χ3v) is 10.2. The van der Waals surface area contributed by atoms with Gasteiger partial charge in [0, 0.05) is 9.49 Å². The second kappa shape index (κ2) is 9.23. The van der Waals surface area contributed by atoms with Crippen LogP contribution in [0.3, 0.4) is 0 Å². The minimum atomic E-state index is -0.893. The number of esters is 2. The normalized spacial score (nSPS) is 30.5. The number of hydrogen-bond acceptors (Lipinski definition) is 9. The van der Waals surface area contributed by atoms with Crippen LogP contribution in [-0.4, -0.2) is 84.6 Å². The molecule has 1 aromatic rings. The van der Waals surface area contributed by atoms with Crippen LogP contribution in [0.2, 0.25) is 0 Å². The molecule has 4 aliphatic rings. The number of nitrogens with one attached hydrogen (secondary N) is 1. The summed E-state index contributed by atoms with van der Waals surface area (Å²) >= 11 is 2.97. The van der Waals surface area contributed by atoms with Gasteiger partial charge in [0.1, 0.15) is 23.5 Å². The highest BCUT2D eigenvalue weighted by Gasteiger charge is 2.64. The average Bonchev–Trinajstić information content (AvgIpc) is 3.21. The van der Waals surface area contributed by atoms with Crippen molar-refractivity contribution in [3.8, 4) is 0 Å². The molecule has 12 heteroatoms. The summed E-state index contributed by atoms with van der Waals surface area (Å²) in [6.45, 7) is 6.81. The number of β-lactam (4-membered cyclic amide) rings is 2. The van der Waals surface area contributed by atoms with Gasteiger partial charge in [0.25, 0.3) is 0 Å². The maximum Gasteiger partial charge on any atom is 0.333 e. The average molecular weight is 548 g/mol. The Balaban J connectivity index is 1.15. The molecule has 10 nitrogen and oxygen atoms in total. The minimum Gasteiger partial charge on any atom is -0.426 e. The molecule has 4 saturated heterocycles. The molecule has 1 aromatic carbocycles. The summed E-state index contributed by atoms with van der Waals surface area (Å²) in [6.07, 6.45) is 0.558. The van der Waals surface area contributed by atoms with E-state index in [1.165, 1.54) is 21.6 Å². The van der Waals surface area contributed by atoms with Crippen molar-refractivity contribution in [1.29, 1.82) is 0 Å². The Hall–Kier alpha value is -2.73. The SMILES string of the molecule is CC1(C)S[C@@H]2[C@H](NC(=O)Cc3ccccc3)C(=O)N2[C@H]1C(=O)OCOC(=O)[C@@H]1N2C(=O)C[C@H]2SC1(C)C. The van der Waals surface area contributed by atoms with Gasteiger partial charge in [-0.05, 0) is 33.3 Å². The van der Waals surface area contributed by atoms with E-state index in [2.05, 4.69) is 5.32 Å². The summed E-state index contributed by atoms with van der Waals surface area (Å²) in [6, 6.07) is 6.87. The summed E-state index contributed by atoms with van der Waals surface area (Å²) in [7, 11) is 0. The molecule has 5 atom stereocenters. The van der Waals surface area contributed by atoms with Gasteiger partial charge in [-0.2, -0.15) is 0 Å². The first-order chi connectivity index (χ1) is 17.4. The molecule has 4 aliphatic heterocycles. The topological polar surface area (TPSA) is 122 Å². The Kier molecular flexibility index (Phi) is 6.46. The zero-order valence-corrected chi connectivity index (χ0v) is 22.6. The van der Waals surface area contributed by atoms with Gasteiger partial charge >= 0.3 is 11.9 Å². The Bertz CT molecular complexity index is 1160. The quantitative estimate of drug-likeness (QED) is 0.306. The molecule has 37 heavy (non-hydrogen) atoms. The molecular formula is C25H29N3O7S2. The van der Waals surface area contributed by atoms with Gasteiger partial charge in [-0.1, -0.05) is 30.3 Å². The molecule has 198 valence electrons. The molecule has 0 unspecified atom stereocenters. The molecule has 5 rings (SSSR count). The van der Waals surface area contributed by atoms with E-state index in [0.717, 1.165) is 5.56 Å². The van der Waals surface area contributed by atoms with E-state index in [4.69, 9.17) is 9.47 Å². The lowest BCUT2D eigenvalue weighted by Crippen LogP contribution is -2.70. The van der Waals surface area contributed by atoms with Crippen LogP contribution in [0.1, 0.15) is 39.7 Å². The van der Waals surface area contributed by atoms with Crippen LogP contribution in [0.25, 0.3) is 0 Å². The number of thioether (sulfide) groups is 2. The highest BCUT2D eigenvalue weighted by atomic mass is 32.2. The first-order valence-electron chi connectivity index (χ1n) is 12.1. The number of amides is 3. The fourth-order valence-electron chi connectivity index (χ4n) is 5.39. The van der Waals surface area contributed by atoms with Crippen LogP contribution in [0.4, 0.5) is 0 Å². The predicted octanol–water partition coefficient (Wildman–Crippen LogP) is 1.27. The zero-order chi connectivity index (χ0) is 26.7. The maximum absolute atomic E-state index is 13.0. The van der Waals surface area contributed by atoms with E-state index in [1.807, 2.05) is 58.0 Å². The second-order valence-electron chi connectivity index (χ2n) is 10.6. The van der Waals surface area contributed by atoms with Gasteiger partial charge in [0.15, 0.2) is 0 Å². The first kappa shape index (κ1) is 25.9. The van der Waals surface area contributed by atoms with Crippen molar-refractivity contribution in [1.82, 2.24) is 15.1 Å². The summed E-state index contributed by atoms with van der Waals surface area (Å²) in [5, 5.41) is 2.36. The summed E-state index contributed by atoms with van der Waals surface area (Å²) < 4.78 is 9.32. The molecule has 0 saturated carbocycles. The fraction of sp³-hybridized carbons (Fsp3) is 0.560. The van der Waals surface area contributed by atoms with Crippen LogP contribution in [0.5, 0.6) is 0 Å². The number of carbonyl (C=O) groups is 5. The molecule has 0 radical (unpaired) electrons. The number of rotatable bonds is 7. The number of benzene rings is 1. The second-order valence-corrected chi connectivity index (χ2v) is 14.2. The van der Waals surface area contributed by atoms with E-state index in [1.54, 1.807) is 11.8 Å². The summed E-state index contributed by atoms with van der Waals surface area (Å²) in [5.41, 5.74) is 0.840. The van der Waals surface area contributed by atoms with Crippen LogP contribution in [-0.2, 0) is 39.9 Å². The lowest BCUT2D eigenvalue weighted by molar-refractivity contribution is -0.181. The molecular weight excluding hydrogens is 518 g/mol. The van der Waals surface area contributed by atoms with E-state index >= 15 is 0 Å². The molecule has 0 aliphatic carbocycles. The molecule has 0 bridgehead atoms. The Morgan fingerprint density at radius 1 is 0.946 bits per heavy atom. The summed E-state index contributed by atoms with van der Waals surface area (Å²) in [5.74, 6) is -2.03. The van der Waals surface area contributed by atoms with Crippen LogP contribution >= 0.6 is 23.5 Å². The Labute approximate surface area is 223 Å². The fourth-order valence-corrected chi connectivity index (χ4v) is 8.63. The lowest BCUT2D eigenvalue weighted by Gasteiger charge is -2.43. The van der Waals surface area contributed by atoms with Gasteiger partial charge in [-0.3, -0.25) is 14.4 Å². The molecule has 1 N–H and O–H groups in total. The number of nitrogens with zero attached hydrogens (tertiary/aromatic N) is 2. The Morgan fingerprint density at radius 3 is 2.16 bits per heavy atom. The van der Waals surface area contributed by atoms with Gasteiger partial charge in [-0.15, -0.1) is 23.5 Å². The van der Waals surface area contributed by atoms with Crippen molar-refractivity contribution in [2.75, 3.05) is 6.79 Å². The highest BCUT2D eigenvalue weighted by molar-refractivity contribution is 8.02. The maximum atomic E-state index is 13.0. The lowest BCUT2D eigenvalue weighted by atomic mass is 9.96. The van der Waals surface area contributed by atoms with Gasteiger partial charge in [0.05, 0.1) is 18.2 Å². The highest BCUT2D eigenvalue weighted by Crippen LogP contribution is 2.52. The van der Waals surface area contributed by atoms with Crippen LogP contribution in [0, 0.1) is 0 Å². The third kappa shape index (κ3) is 4.47. The standard InChI is InChI=1S/C25H29N3O7S2/c1-24(2)18(27-15(30)11-16(27)36-24)22(32)34-12-35-23(33)19-25(3,4)37-21-17(20(31)28(19)21)26-14(29)10-13-8-6-5-7-9-13/h5-9,16-19,21H,10-12H2,1-4H3,(H,26,29)/t16-,17-,18+,19+,21-/m1/s1. The van der Waals surface area contributed by atoms with Gasteiger partial charge in [-0.25, -0.2) is 9.59 Å². The Morgan fingerprint density at radius 2 is 1.54 bits per heavy atom. The number of fused-ring (bicyclic) bond motifs is 2. The van der Waals surface area contributed by atoms with Crippen LogP contribution < -0.4 is 5.32 Å². The number of ether oxygens (including phenoxy) is 2. The van der Waals surface area contributed by atoms with Crippen molar-refractivity contribution < 1.29 is 33.4 Å². The van der Waals surface area contributed by atoms with Crippen molar-refractivity contribution in [3.63, 3.8) is 0 Å². The molecule has 4 heterocycles. The largest absolute Gasteiger partial charge is 0.426 e. The smallest absolute Gasteiger partial charge is 0.333 e. The molecule has 0 spiro atoms. The minimum absolute atomic E-state index is 0.0330. The van der Waals surface area contributed by atoms with Crippen molar-refractivity contribution in [2.24, 2.45) is 0 Å². The third-order valence-electron chi connectivity index (χ3n) is 7.14. The first-order valence-corrected chi connectivity index (χ1v) is 13.8. The molecule has 4 fully saturated rings. The van der Waals surface area contributed by atoms with Crippen molar-refractivity contribution >= 4 is 53.2 Å². The van der Waals surface area contributed by atoms with Gasteiger partial charge < -0.3 is 24.6 Å².